The van der Waals surface area contributed by atoms with E-state index in [-0.39, 0.29) is 0 Å². The van der Waals surface area contributed by atoms with Crippen LogP contribution in [0.3, 0.4) is 0 Å². The Morgan fingerprint density at radius 3 is 2.67 bits per heavy atom. The topological polar surface area (TPSA) is 45.6 Å². The number of thiocarbonyl (C=S) groups is 1. The smallest absolute Gasteiger partial charge is 0.187 e. The Morgan fingerprint density at radius 1 is 1.29 bits per heavy atom. The molecule has 4 nitrogen and oxygen atoms in total. The van der Waals surface area contributed by atoms with Gasteiger partial charge in [0, 0.05) is 11.4 Å². The third kappa shape index (κ3) is 4.84. The van der Waals surface area contributed by atoms with Gasteiger partial charge in [-0.25, -0.2) is 0 Å². The zero-order chi connectivity index (χ0) is 15.1. The fourth-order valence-corrected chi connectivity index (χ4v) is 2.43. The number of hydrogen-bond donors (Lipinski definition) is 2. The zero-order valence-corrected chi connectivity index (χ0v) is 13.6. The van der Waals surface area contributed by atoms with Crippen LogP contribution in [0.15, 0.2) is 46.9 Å². The van der Waals surface area contributed by atoms with Crippen LogP contribution in [0.4, 0.5) is 0 Å². The summed E-state index contributed by atoms with van der Waals surface area (Å²) < 4.78 is 5.12. The van der Waals surface area contributed by atoms with E-state index in [1.165, 1.54) is 0 Å². The van der Waals surface area contributed by atoms with Gasteiger partial charge in [0.05, 0.1) is 12.8 Å². The molecule has 0 atom stereocenters. The summed E-state index contributed by atoms with van der Waals surface area (Å²) >= 11 is 6.85. The number of hydrogen-bond acceptors (Lipinski definition) is 4. The summed E-state index contributed by atoms with van der Waals surface area (Å²) in [5.41, 5.74) is 4.89. The van der Waals surface area contributed by atoms with Crippen molar-refractivity contribution in [3.05, 3.63) is 52.2 Å². The molecular weight excluding hydrogens is 302 g/mol. The van der Waals surface area contributed by atoms with Crippen molar-refractivity contribution in [2.24, 2.45) is 5.10 Å². The Balaban J connectivity index is 1.80. The lowest BCUT2D eigenvalue weighted by Crippen LogP contribution is -2.32. The average Bonchev–Trinajstić information content (AvgIpc) is 3.05. The molecule has 0 aliphatic rings. The first kappa shape index (κ1) is 15.5. The molecule has 0 amide bonds. The predicted octanol–water partition coefficient (Wildman–Crippen LogP) is 3.15. The molecule has 0 bridgehead atoms. The first-order valence-electron chi connectivity index (χ1n) is 6.44. The lowest BCUT2D eigenvalue weighted by Gasteiger charge is -2.08. The van der Waals surface area contributed by atoms with Crippen molar-refractivity contribution in [1.29, 1.82) is 0 Å². The SMILES string of the molecule is COc1ccc(CNC(=S)N/N=C(/C)c2cccs2)cc1. The van der Waals surface area contributed by atoms with Gasteiger partial charge in [-0.3, -0.25) is 5.43 Å². The molecule has 0 saturated heterocycles. The summed E-state index contributed by atoms with van der Waals surface area (Å²) in [6, 6.07) is 11.9. The van der Waals surface area contributed by atoms with Crippen molar-refractivity contribution in [1.82, 2.24) is 10.7 Å². The monoisotopic (exact) mass is 319 g/mol. The van der Waals surface area contributed by atoms with Gasteiger partial charge in [-0.15, -0.1) is 11.3 Å². The Labute approximate surface area is 133 Å². The molecule has 1 aromatic heterocycles. The maximum atomic E-state index is 5.20. The fraction of sp³-hybridized carbons (Fsp3) is 0.200. The molecule has 21 heavy (non-hydrogen) atoms. The summed E-state index contributed by atoms with van der Waals surface area (Å²) in [6.07, 6.45) is 0. The quantitative estimate of drug-likeness (QED) is 0.505. The second-order valence-electron chi connectivity index (χ2n) is 4.32. The van der Waals surface area contributed by atoms with Crippen molar-refractivity contribution in [2.45, 2.75) is 13.5 Å². The van der Waals surface area contributed by atoms with Gasteiger partial charge in [-0.2, -0.15) is 5.10 Å². The van der Waals surface area contributed by atoms with E-state index in [9.17, 15) is 0 Å². The molecule has 1 heterocycles. The highest BCUT2D eigenvalue weighted by atomic mass is 32.1. The number of rotatable bonds is 5. The first-order chi connectivity index (χ1) is 10.2. The molecular formula is C15H17N3OS2. The van der Waals surface area contributed by atoms with Gasteiger partial charge in [0.15, 0.2) is 5.11 Å². The van der Waals surface area contributed by atoms with Crippen LogP contribution in [0.1, 0.15) is 17.4 Å². The van der Waals surface area contributed by atoms with Gasteiger partial charge < -0.3 is 10.1 Å². The fourth-order valence-electron chi connectivity index (χ4n) is 1.64. The number of benzene rings is 1. The van der Waals surface area contributed by atoms with Crippen LogP contribution in [0.25, 0.3) is 0 Å². The minimum atomic E-state index is 0.502. The van der Waals surface area contributed by atoms with Gasteiger partial charge in [0.2, 0.25) is 0 Å². The van der Waals surface area contributed by atoms with Gasteiger partial charge in [0.1, 0.15) is 5.75 Å². The van der Waals surface area contributed by atoms with E-state index < -0.39 is 0 Å². The normalized spacial score (nSPS) is 11.0. The van der Waals surface area contributed by atoms with E-state index in [2.05, 4.69) is 15.8 Å². The highest BCUT2D eigenvalue weighted by Gasteiger charge is 1.99. The van der Waals surface area contributed by atoms with Crippen LogP contribution in [0.5, 0.6) is 5.75 Å². The van der Waals surface area contributed by atoms with Crippen LogP contribution in [0.2, 0.25) is 0 Å². The van der Waals surface area contributed by atoms with Crippen LogP contribution in [-0.2, 0) is 6.54 Å². The Hall–Kier alpha value is -1.92. The lowest BCUT2D eigenvalue weighted by atomic mass is 10.2. The molecule has 2 N–H and O–H groups in total. The third-order valence-corrected chi connectivity index (χ3v) is 4.03. The van der Waals surface area contributed by atoms with Gasteiger partial charge in [-0.05, 0) is 48.3 Å². The highest BCUT2D eigenvalue weighted by Crippen LogP contribution is 2.11. The standard InChI is InChI=1S/C15H17N3OS2/c1-11(14-4-3-9-21-14)17-18-15(20)16-10-12-5-7-13(19-2)8-6-12/h3-9H,10H2,1-2H3,(H2,16,18,20)/b17-11-. The average molecular weight is 319 g/mol. The Kier molecular flexibility index (Phi) is 5.71. The Morgan fingerprint density at radius 2 is 2.05 bits per heavy atom. The van der Waals surface area contributed by atoms with E-state index in [0.29, 0.717) is 11.7 Å². The van der Waals surface area contributed by atoms with E-state index in [0.717, 1.165) is 21.9 Å². The summed E-state index contributed by atoms with van der Waals surface area (Å²) in [4.78, 5) is 1.13. The molecule has 0 unspecified atom stereocenters. The largest absolute Gasteiger partial charge is 0.497 e. The summed E-state index contributed by atoms with van der Waals surface area (Å²) in [5.74, 6) is 0.843. The minimum absolute atomic E-state index is 0.502. The van der Waals surface area contributed by atoms with Gasteiger partial charge in [0.25, 0.3) is 0 Å². The molecule has 0 spiro atoms. The summed E-state index contributed by atoms with van der Waals surface area (Å²) in [5, 5.41) is 9.90. The minimum Gasteiger partial charge on any atom is -0.497 e. The maximum Gasteiger partial charge on any atom is 0.187 e. The van der Waals surface area contributed by atoms with Crippen LogP contribution in [-0.4, -0.2) is 17.9 Å². The molecule has 0 fully saturated rings. The lowest BCUT2D eigenvalue weighted by molar-refractivity contribution is 0.414. The zero-order valence-electron chi connectivity index (χ0n) is 11.9. The number of nitrogens with zero attached hydrogens (tertiary/aromatic N) is 1. The van der Waals surface area contributed by atoms with Crippen molar-refractivity contribution in [3.8, 4) is 5.75 Å². The van der Waals surface area contributed by atoms with Crippen LogP contribution >= 0.6 is 23.6 Å². The molecule has 1 aromatic carbocycles. The molecule has 0 saturated carbocycles. The molecule has 2 aromatic rings. The molecule has 110 valence electrons. The number of thiophene rings is 1. The van der Waals surface area contributed by atoms with E-state index in [1.54, 1.807) is 18.4 Å². The van der Waals surface area contributed by atoms with E-state index >= 15 is 0 Å². The molecule has 0 aliphatic carbocycles. The van der Waals surface area contributed by atoms with Crippen molar-refractivity contribution >= 4 is 34.4 Å². The number of ether oxygens (including phenoxy) is 1. The van der Waals surface area contributed by atoms with E-state index in [1.807, 2.05) is 48.7 Å². The number of hydrazone groups is 1. The Bertz CT molecular complexity index is 606. The van der Waals surface area contributed by atoms with Crippen molar-refractivity contribution < 1.29 is 4.74 Å². The van der Waals surface area contributed by atoms with Gasteiger partial charge >= 0.3 is 0 Å². The molecule has 6 heteroatoms. The van der Waals surface area contributed by atoms with Crippen molar-refractivity contribution in [2.75, 3.05) is 7.11 Å². The number of methoxy groups -OCH3 is 1. The van der Waals surface area contributed by atoms with Crippen LogP contribution in [0, 0.1) is 0 Å². The summed E-state index contributed by atoms with van der Waals surface area (Å²) in [6.45, 7) is 2.59. The molecule has 2 rings (SSSR count). The third-order valence-electron chi connectivity index (χ3n) is 2.82. The van der Waals surface area contributed by atoms with Gasteiger partial charge in [-0.1, -0.05) is 18.2 Å². The highest BCUT2D eigenvalue weighted by molar-refractivity contribution is 7.80. The van der Waals surface area contributed by atoms with Crippen molar-refractivity contribution in [3.63, 3.8) is 0 Å². The molecule has 0 aliphatic heterocycles. The predicted molar refractivity (Wildman–Crippen MR) is 92.1 cm³/mol. The second-order valence-corrected chi connectivity index (χ2v) is 5.67. The number of nitrogens with one attached hydrogen (secondary N) is 2. The summed E-state index contributed by atoms with van der Waals surface area (Å²) in [7, 11) is 1.65. The second kappa shape index (κ2) is 7.75. The molecule has 0 radical (unpaired) electrons. The maximum absolute atomic E-state index is 5.20. The van der Waals surface area contributed by atoms with E-state index in [4.69, 9.17) is 17.0 Å². The van der Waals surface area contributed by atoms with Crippen LogP contribution < -0.4 is 15.5 Å². The first-order valence-corrected chi connectivity index (χ1v) is 7.73.